The van der Waals surface area contributed by atoms with Crippen LogP contribution < -0.4 is 0 Å². The standard InChI is InChI=1S/C68H62O15/c69-63(52-33-17-5-18-34-52)77-46-57-59(80-65(71)54-37-21-7-22-38-54)62(81-66(72)55-39-23-8-24-40-55)68(82-57,47-78-64(70)53-35-19-6-20-36-53)83-67-61(76-44-51-31-15-4-16-32-51)60(75-43-50-29-13-3-14-30-50)58(74-42-49-27-11-2-12-28-49)56(79-67)45-73-41-48-25-9-1-10-26-48/h1-40,56-62,67H,41-47H2/t56-,57+,58-,59+,60+,61-,62-,67?,68+/m1/s1. The van der Waals surface area contributed by atoms with E-state index in [1.54, 1.807) is 121 Å². The first-order valence-electron chi connectivity index (χ1n) is 27.3. The average molecular weight is 1120 g/mol. The summed E-state index contributed by atoms with van der Waals surface area (Å²) < 4.78 is 74.1. The summed E-state index contributed by atoms with van der Waals surface area (Å²) in [6, 6.07) is 71.1. The van der Waals surface area contributed by atoms with Gasteiger partial charge in [0.25, 0.3) is 0 Å². The lowest BCUT2D eigenvalue weighted by atomic mass is 9.97. The zero-order valence-electron chi connectivity index (χ0n) is 45.3. The maximum absolute atomic E-state index is 14.7. The first-order valence-corrected chi connectivity index (χ1v) is 27.3. The van der Waals surface area contributed by atoms with Gasteiger partial charge < -0.3 is 52.1 Å². The molecular weight excluding hydrogens is 1060 g/mol. The van der Waals surface area contributed by atoms with Crippen molar-refractivity contribution in [3.8, 4) is 0 Å². The molecule has 0 radical (unpaired) electrons. The van der Waals surface area contributed by atoms with Crippen LogP contribution in [-0.4, -0.2) is 98.5 Å². The molecule has 2 aliphatic rings. The molecule has 0 spiro atoms. The Bertz CT molecular complexity index is 3270. The monoisotopic (exact) mass is 1120 g/mol. The highest BCUT2D eigenvalue weighted by atomic mass is 16.8. The van der Waals surface area contributed by atoms with Crippen LogP contribution in [-0.2, 0) is 78.5 Å². The molecule has 8 aromatic carbocycles. The number of carbonyl (C=O) groups is 4. The third kappa shape index (κ3) is 15.5. The van der Waals surface area contributed by atoms with Crippen molar-refractivity contribution in [2.75, 3.05) is 19.8 Å². The van der Waals surface area contributed by atoms with Crippen molar-refractivity contribution in [1.82, 2.24) is 0 Å². The molecule has 2 aliphatic heterocycles. The first kappa shape index (κ1) is 57.6. The van der Waals surface area contributed by atoms with E-state index < -0.39 is 91.9 Å². The summed E-state index contributed by atoms with van der Waals surface area (Å²) in [7, 11) is 0. The quantitative estimate of drug-likeness (QED) is 0.0391. The molecule has 2 saturated heterocycles. The third-order valence-electron chi connectivity index (χ3n) is 13.9. The third-order valence-corrected chi connectivity index (χ3v) is 13.9. The predicted molar refractivity (Wildman–Crippen MR) is 303 cm³/mol. The maximum Gasteiger partial charge on any atom is 0.338 e. The van der Waals surface area contributed by atoms with Gasteiger partial charge in [-0.1, -0.05) is 194 Å². The molecule has 0 saturated carbocycles. The Labute approximate surface area is 481 Å². The Kier molecular flexibility index (Phi) is 20.0. The smallest absolute Gasteiger partial charge is 0.338 e. The van der Waals surface area contributed by atoms with Gasteiger partial charge in [0.1, 0.15) is 43.7 Å². The second-order valence-corrected chi connectivity index (χ2v) is 19.7. The molecule has 2 heterocycles. The van der Waals surface area contributed by atoms with Gasteiger partial charge >= 0.3 is 23.9 Å². The van der Waals surface area contributed by atoms with Crippen molar-refractivity contribution in [3.05, 3.63) is 287 Å². The van der Waals surface area contributed by atoms with Crippen molar-refractivity contribution in [3.63, 3.8) is 0 Å². The van der Waals surface area contributed by atoms with Crippen LogP contribution in [0.2, 0.25) is 0 Å². The van der Waals surface area contributed by atoms with E-state index in [9.17, 15) is 19.2 Å². The minimum absolute atomic E-state index is 0.000842. The minimum atomic E-state index is -2.49. The molecule has 15 heteroatoms. The number of hydrogen-bond donors (Lipinski definition) is 0. The van der Waals surface area contributed by atoms with E-state index in [0.717, 1.165) is 22.3 Å². The van der Waals surface area contributed by atoms with Crippen LogP contribution in [0.15, 0.2) is 243 Å². The maximum atomic E-state index is 14.7. The molecule has 2 fully saturated rings. The second kappa shape index (κ2) is 28.9. The summed E-state index contributed by atoms with van der Waals surface area (Å²) in [5, 5.41) is 0. The Morgan fingerprint density at radius 1 is 0.361 bits per heavy atom. The summed E-state index contributed by atoms with van der Waals surface area (Å²) in [6.07, 6.45) is -10.8. The van der Waals surface area contributed by atoms with Crippen LogP contribution >= 0.6 is 0 Å². The van der Waals surface area contributed by atoms with E-state index >= 15 is 0 Å². The largest absolute Gasteiger partial charge is 0.459 e. The van der Waals surface area contributed by atoms with Crippen molar-refractivity contribution < 1.29 is 71.3 Å². The second-order valence-electron chi connectivity index (χ2n) is 19.7. The topological polar surface area (TPSA) is 170 Å². The van der Waals surface area contributed by atoms with Gasteiger partial charge in [0.05, 0.1) is 55.3 Å². The van der Waals surface area contributed by atoms with Gasteiger partial charge in [0, 0.05) is 0 Å². The van der Waals surface area contributed by atoms with Crippen molar-refractivity contribution >= 4 is 23.9 Å². The number of benzene rings is 8. The zero-order valence-corrected chi connectivity index (χ0v) is 45.3. The predicted octanol–water partition coefficient (Wildman–Crippen LogP) is 11.0. The molecule has 0 aliphatic carbocycles. The first-order chi connectivity index (χ1) is 40.8. The number of hydrogen-bond acceptors (Lipinski definition) is 15. The Hall–Kier alpha value is -8.64. The Balaban J connectivity index is 1.11. The van der Waals surface area contributed by atoms with Gasteiger partial charge in [-0.15, -0.1) is 0 Å². The normalized spacial score (nSPS) is 22.0. The summed E-state index contributed by atoms with van der Waals surface area (Å²) in [4.78, 5) is 57.3. The van der Waals surface area contributed by atoms with Gasteiger partial charge in [-0.3, -0.25) is 0 Å². The fourth-order valence-electron chi connectivity index (χ4n) is 9.71. The molecule has 8 aromatic rings. The summed E-state index contributed by atoms with van der Waals surface area (Å²) in [6.45, 7) is -1.11. The lowest BCUT2D eigenvalue weighted by molar-refractivity contribution is -0.393. The van der Waals surface area contributed by atoms with Gasteiger partial charge in [-0.05, 0) is 70.8 Å². The van der Waals surface area contributed by atoms with Crippen LogP contribution in [0.5, 0.6) is 0 Å². The number of rotatable bonds is 25. The zero-order chi connectivity index (χ0) is 57.1. The lowest BCUT2D eigenvalue weighted by Crippen LogP contribution is -2.65. The van der Waals surface area contributed by atoms with Crippen molar-refractivity contribution in [2.24, 2.45) is 0 Å². The molecule has 0 amide bonds. The number of esters is 4. The molecule has 1 unspecified atom stereocenters. The van der Waals surface area contributed by atoms with Crippen LogP contribution in [0.4, 0.5) is 0 Å². The lowest BCUT2D eigenvalue weighted by Gasteiger charge is -2.48. The van der Waals surface area contributed by atoms with Crippen LogP contribution in [0.1, 0.15) is 63.7 Å². The molecule has 0 aromatic heterocycles. The summed E-state index contributed by atoms with van der Waals surface area (Å²) in [5.41, 5.74) is 4.02. The van der Waals surface area contributed by atoms with Crippen LogP contribution in [0.3, 0.4) is 0 Å². The van der Waals surface area contributed by atoms with E-state index in [-0.39, 0.29) is 55.3 Å². The van der Waals surface area contributed by atoms with Gasteiger partial charge in [0.15, 0.2) is 18.5 Å². The van der Waals surface area contributed by atoms with Crippen LogP contribution in [0.25, 0.3) is 0 Å². The van der Waals surface area contributed by atoms with E-state index in [0.29, 0.717) is 0 Å². The molecule has 83 heavy (non-hydrogen) atoms. The average Bonchev–Trinajstić information content (AvgIpc) is 4.11. The summed E-state index contributed by atoms with van der Waals surface area (Å²) >= 11 is 0. The molecule has 424 valence electrons. The van der Waals surface area contributed by atoms with E-state index in [1.165, 1.54) is 0 Å². The van der Waals surface area contributed by atoms with Crippen LogP contribution in [0, 0.1) is 0 Å². The molecule has 9 atom stereocenters. The fraction of sp³-hybridized carbons (Fsp3) is 0.235. The number of ether oxygens (including phenoxy) is 11. The van der Waals surface area contributed by atoms with Gasteiger partial charge in [-0.25, -0.2) is 19.2 Å². The Morgan fingerprint density at radius 2 is 0.735 bits per heavy atom. The van der Waals surface area contributed by atoms with E-state index in [2.05, 4.69) is 0 Å². The Morgan fingerprint density at radius 3 is 1.19 bits per heavy atom. The molecule has 15 nitrogen and oxygen atoms in total. The minimum Gasteiger partial charge on any atom is -0.459 e. The molecular formula is C68H62O15. The summed E-state index contributed by atoms with van der Waals surface area (Å²) in [5.74, 6) is -5.78. The van der Waals surface area contributed by atoms with Crippen molar-refractivity contribution in [2.45, 2.75) is 81.2 Å². The highest BCUT2D eigenvalue weighted by molar-refractivity contribution is 5.91. The van der Waals surface area contributed by atoms with E-state index in [4.69, 9.17) is 52.1 Å². The van der Waals surface area contributed by atoms with Gasteiger partial charge in [0.2, 0.25) is 5.79 Å². The SMILES string of the molecule is O=C(OC[C@@H]1O[C@@](COC(=O)c2ccccc2)(OC2O[C@H](COCc3ccccc3)[C@@H](OCc3ccccc3)[C@H](OCc3ccccc3)[C@H]2OCc2ccccc2)[C@H](OC(=O)c2ccccc2)[C@H]1OC(=O)c1ccccc1)c1ccccc1. The van der Waals surface area contributed by atoms with Crippen molar-refractivity contribution in [1.29, 1.82) is 0 Å². The molecule has 0 bridgehead atoms. The highest BCUT2D eigenvalue weighted by Gasteiger charge is 2.65. The van der Waals surface area contributed by atoms with E-state index in [1.807, 2.05) is 121 Å². The molecule has 0 N–H and O–H groups in total. The number of carbonyl (C=O) groups excluding carboxylic acids is 4. The molecule has 10 rings (SSSR count). The van der Waals surface area contributed by atoms with Gasteiger partial charge in [-0.2, -0.15) is 0 Å². The fourth-order valence-corrected chi connectivity index (χ4v) is 9.71. The highest BCUT2D eigenvalue weighted by Crippen LogP contribution is 2.43.